The van der Waals surface area contributed by atoms with Gasteiger partial charge < -0.3 is 4.74 Å². The summed E-state index contributed by atoms with van der Waals surface area (Å²) >= 11 is 0. The van der Waals surface area contributed by atoms with E-state index in [-0.39, 0.29) is 11.3 Å². The fraction of sp³-hybridized carbons (Fsp3) is 0.176. The zero-order valence-corrected chi connectivity index (χ0v) is 13.3. The number of rotatable bonds is 4. The molecule has 0 aliphatic carbocycles. The fourth-order valence-corrected chi connectivity index (χ4v) is 2.23. The Labute approximate surface area is 144 Å². The van der Waals surface area contributed by atoms with Crippen molar-refractivity contribution in [1.29, 1.82) is 0 Å². The van der Waals surface area contributed by atoms with Gasteiger partial charge in [0, 0.05) is 18.1 Å². The number of aromatic nitrogens is 3. The third-order valence-electron chi connectivity index (χ3n) is 3.48. The van der Waals surface area contributed by atoms with Crippen LogP contribution < -0.4 is 4.74 Å². The molecule has 0 aliphatic rings. The number of ether oxygens (including phenoxy) is 1. The Morgan fingerprint density at radius 2 is 1.50 bits per heavy atom. The Morgan fingerprint density at radius 1 is 0.885 bits per heavy atom. The van der Waals surface area contributed by atoms with Crippen molar-refractivity contribution in [3.63, 3.8) is 0 Å². The zero-order chi connectivity index (χ0) is 18.9. The van der Waals surface area contributed by atoms with Crippen LogP contribution in [0.25, 0.3) is 17.1 Å². The van der Waals surface area contributed by atoms with Crippen LogP contribution >= 0.6 is 0 Å². The monoisotopic (exact) mass is 369 g/mol. The minimum Gasteiger partial charge on any atom is -0.406 e. The second-order valence-corrected chi connectivity index (χ2v) is 5.52. The molecule has 0 saturated heterocycles. The molecule has 0 unspecified atom stereocenters. The molecule has 0 atom stereocenters. The summed E-state index contributed by atoms with van der Waals surface area (Å²) in [4.78, 5) is 4.09. The molecule has 1 heterocycles. The van der Waals surface area contributed by atoms with Crippen LogP contribution in [0.1, 0.15) is 12.5 Å². The van der Waals surface area contributed by atoms with E-state index in [1.54, 1.807) is 0 Å². The van der Waals surface area contributed by atoms with Crippen molar-refractivity contribution < 1.29 is 26.7 Å². The maximum atomic E-state index is 13.2. The molecule has 26 heavy (non-hydrogen) atoms. The number of benzene rings is 2. The van der Waals surface area contributed by atoms with E-state index < -0.39 is 12.3 Å². The normalized spacial score (nSPS) is 12.2. The Bertz CT molecular complexity index is 881. The molecular weight excluding hydrogens is 357 g/mol. The first-order chi connectivity index (χ1) is 12.1. The number of alkyl halides is 5. The standard InChI is InChI=1S/C17H12F5N3O/c1-16(18,19)12-4-2-11(3-5-12)15-23-10-25(24-15)13-6-8-14(9-7-13)26-17(20,21)22/h2-10H,1H3. The van der Waals surface area contributed by atoms with Crippen molar-refractivity contribution in [1.82, 2.24) is 14.8 Å². The van der Waals surface area contributed by atoms with Gasteiger partial charge in [-0.3, -0.25) is 0 Å². The first-order valence-electron chi connectivity index (χ1n) is 7.38. The highest BCUT2D eigenvalue weighted by atomic mass is 19.4. The van der Waals surface area contributed by atoms with Crippen LogP contribution in [0.2, 0.25) is 0 Å². The van der Waals surface area contributed by atoms with Gasteiger partial charge in [0.2, 0.25) is 0 Å². The summed E-state index contributed by atoms with van der Waals surface area (Å²) in [6.45, 7) is 0.807. The summed E-state index contributed by atoms with van der Waals surface area (Å²) in [5.41, 5.74) is 0.879. The summed E-state index contributed by atoms with van der Waals surface area (Å²) < 4.78 is 68.1. The third kappa shape index (κ3) is 4.16. The minimum absolute atomic E-state index is 0.124. The Kier molecular flexibility index (Phi) is 4.39. The van der Waals surface area contributed by atoms with Crippen LogP contribution in [-0.2, 0) is 5.92 Å². The average Bonchev–Trinajstić information content (AvgIpc) is 3.03. The van der Waals surface area contributed by atoms with Gasteiger partial charge in [0.1, 0.15) is 12.1 Å². The van der Waals surface area contributed by atoms with Crippen LogP contribution in [-0.4, -0.2) is 21.1 Å². The van der Waals surface area contributed by atoms with Gasteiger partial charge in [-0.05, 0) is 24.3 Å². The van der Waals surface area contributed by atoms with Crippen LogP contribution in [0, 0.1) is 0 Å². The third-order valence-corrected chi connectivity index (χ3v) is 3.48. The maximum Gasteiger partial charge on any atom is 0.573 e. The molecule has 3 rings (SSSR count). The predicted octanol–water partition coefficient (Wildman–Crippen LogP) is 4.94. The Morgan fingerprint density at radius 3 is 2.04 bits per heavy atom. The van der Waals surface area contributed by atoms with Crippen LogP contribution in [0.3, 0.4) is 0 Å². The molecule has 4 nitrogen and oxygen atoms in total. The molecule has 9 heteroatoms. The number of halogens is 5. The summed E-state index contributed by atoms with van der Waals surface area (Å²) in [7, 11) is 0. The van der Waals surface area contributed by atoms with E-state index in [1.165, 1.54) is 47.4 Å². The second-order valence-electron chi connectivity index (χ2n) is 5.52. The maximum absolute atomic E-state index is 13.2. The Hall–Kier alpha value is -2.97. The summed E-state index contributed by atoms with van der Waals surface area (Å²) in [6, 6.07) is 10.6. The van der Waals surface area contributed by atoms with Crippen LogP contribution in [0.4, 0.5) is 22.0 Å². The van der Waals surface area contributed by atoms with Gasteiger partial charge >= 0.3 is 6.36 Å². The highest BCUT2D eigenvalue weighted by Gasteiger charge is 2.31. The molecule has 0 fully saturated rings. The smallest absolute Gasteiger partial charge is 0.406 e. The molecule has 2 aromatic carbocycles. The molecular formula is C17H12F5N3O. The molecule has 136 valence electrons. The van der Waals surface area contributed by atoms with E-state index in [0.29, 0.717) is 17.1 Å². The zero-order valence-electron chi connectivity index (χ0n) is 13.3. The van der Waals surface area contributed by atoms with E-state index in [4.69, 9.17) is 0 Å². The number of hydrogen-bond donors (Lipinski definition) is 0. The molecule has 0 spiro atoms. The predicted molar refractivity (Wildman–Crippen MR) is 83.0 cm³/mol. The van der Waals surface area contributed by atoms with Crippen molar-refractivity contribution >= 4 is 0 Å². The summed E-state index contributed by atoms with van der Waals surface area (Å²) in [6.07, 6.45) is -3.39. The molecule has 0 bridgehead atoms. The molecule has 0 saturated carbocycles. The van der Waals surface area contributed by atoms with Gasteiger partial charge in [0.25, 0.3) is 5.92 Å². The first kappa shape index (κ1) is 17.8. The largest absolute Gasteiger partial charge is 0.573 e. The molecule has 0 radical (unpaired) electrons. The van der Waals surface area contributed by atoms with E-state index >= 15 is 0 Å². The fourth-order valence-electron chi connectivity index (χ4n) is 2.23. The van der Waals surface area contributed by atoms with Gasteiger partial charge in [-0.15, -0.1) is 18.3 Å². The van der Waals surface area contributed by atoms with Crippen molar-refractivity contribution in [3.05, 3.63) is 60.4 Å². The second kappa shape index (κ2) is 6.40. The van der Waals surface area contributed by atoms with Crippen molar-refractivity contribution in [2.75, 3.05) is 0 Å². The van der Waals surface area contributed by atoms with Gasteiger partial charge in [0.15, 0.2) is 5.82 Å². The molecule has 0 aliphatic heterocycles. The van der Waals surface area contributed by atoms with Gasteiger partial charge in [0.05, 0.1) is 5.69 Å². The van der Waals surface area contributed by atoms with Gasteiger partial charge in [-0.2, -0.15) is 0 Å². The Balaban J connectivity index is 1.79. The number of hydrogen-bond acceptors (Lipinski definition) is 3. The van der Waals surface area contributed by atoms with Crippen molar-refractivity contribution in [3.8, 4) is 22.8 Å². The molecule has 0 amide bonds. The van der Waals surface area contributed by atoms with E-state index in [9.17, 15) is 22.0 Å². The van der Waals surface area contributed by atoms with E-state index in [2.05, 4.69) is 14.8 Å². The lowest BCUT2D eigenvalue weighted by atomic mass is 10.1. The van der Waals surface area contributed by atoms with Gasteiger partial charge in [-0.1, -0.05) is 24.3 Å². The highest BCUT2D eigenvalue weighted by molar-refractivity contribution is 5.55. The minimum atomic E-state index is -4.76. The quantitative estimate of drug-likeness (QED) is 0.612. The SMILES string of the molecule is CC(F)(F)c1ccc(-c2ncn(-c3ccc(OC(F)(F)F)cc3)n2)cc1. The first-order valence-corrected chi connectivity index (χ1v) is 7.38. The summed E-state index contributed by atoms with van der Waals surface area (Å²) in [5.74, 6) is -2.99. The lowest BCUT2D eigenvalue weighted by Gasteiger charge is -2.10. The topological polar surface area (TPSA) is 39.9 Å². The van der Waals surface area contributed by atoms with E-state index in [1.807, 2.05) is 0 Å². The van der Waals surface area contributed by atoms with Crippen molar-refractivity contribution in [2.45, 2.75) is 19.2 Å². The lowest BCUT2D eigenvalue weighted by molar-refractivity contribution is -0.274. The van der Waals surface area contributed by atoms with Crippen molar-refractivity contribution in [2.24, 2.45) is 0 Å². The summed E-state index contributed by atoms with van der Waals surface area (Å²) in [5, 5.41) is 4.20. The molecule has 3 aromatic rings. The van der Waals surface area contributed by atoms with Gasteiger partial charge in [-0.25, -0.2) is 18.4 Å². The highest BCUT2D eigenvalue weighted by Crippen LogP contribution is 2.28. The molecule has 0 N–H and O–H groups in total. The number of nitrogens with zero attached hydrogens (tertiary/aromatic N) is 3. The van der Waals surface area contributed by atoms with Crippen LogP contribution in [0.15, 0.2) is 54.9 Å². The lowest BCUT2D eigenvalue weighted by Crippen LogP contribution is -2.17. The van der Waals surface area contributed by atoms with Crippen LogP contribution in [0.5, 0.6) is 5.75 Å². The molecule has 1 aromatic heterocycles. The van der Waals surface area contributed by atoms with E-state index in [0.717, 1.165) is 19.1 Å². The average molecular weight is 369 g/mol.